The van der Waals surface area contributed by atoms with Crippen molar-refractivity contribution in [3.05, 3.63) is 65.7 Å². The van der Waals surface area contributed by atoms with Crippen molar-refractivity contribution in [2.24, 2.45) is 11.0 Å². The van der Waals surface area contributed by atoms with Crippen LogP contribution in [0.25, 0.3) is 0 Å². The maximum atomic E-state index is 12.0. The Balaban J connectivity index is 1.78. The average Bonchev–Trinajstić information content (AvgIpc) is 2.67. The van der Waals surface area contributed by atoms with Gasteiger partial charge in [0.1, 0.15) is 5.75 Å². The van der Waals surface area contributed by atoms with Gasteiger partial charge in [0.15, 0.2) is 6.61 Å². The Morgan fingerprint density at radius 1 is 1.04 bits per heavy atom. The van der Waals surface area contributed by atoms with E-state index in [1.165, 1.54) is 0 Å². The molecule has 2 aromatic rings. The summed E-state index contributed by atoms with van der Waals surface area (Å²) in [6, 6.07) is 16.8. The predicted molar refractivity (Wildman–Crippen MR) is 106 cm³/mol. The third kappa shape index (κ3) is 6.93. The lowest BCUT2D eigenvalue weighted by Crippen LogP contribution is -2.31. The van der Waals surface area contributed by atoms with Crippen LogP contribution in [0.5, 0.6) is 5.75 Å². The number of carbonyl (C=O) groups is 2. The highest BCUT2D eigenvalue weighted by molar-refractivity contribution is 5.83. The number of rotatable bonds is 8. The molecule has 0 fully saturated rings. The lowest BCUT2D eigenvalue weighted by molar-refractivity contribution is -0.124. The molecule has 2 rings (SSSR count). The number of ether oxygens (including phenoxy) is 1. The van der Waals surface area contributed by atoms with E-state index in [1.807, 2.05) is 37.3 Å². The minimum Gasteiger partial charge on any atom is -0.484 e. The molecule has 2 aromatic carbocycles. The number of amides is 2. The maximum absolute atomic E-state index is 12.0. The van der Waals surface area contributed by atoms with Crippen molar-refractivity contribution in [2.45, 2.75) is 26.8 Å². The number of hydrogen-bond acceptors (Lipinski definition) is 4. The molecule has 0 spiro atoms. The summed E-state index contributed by atoms with van der Waals surface area (Å²) >= 11 is 0. The molecular formula is C21H25N3O3. The summed E-state index contributed by atoms with van der Waals surface area (Å²) in [7, 11) is 0. The van der Waals surface area contributed by atoms with Gasteiger partial charge in [-0.3, -0.25) is 9.59 Å². The van der Waals surface area contributed by atoms with E-state index in [-0.39, 0.29) is 30.4 Å². The summed E-state index contributed by atoms with van der Waals surface area (Å²) in [6.45, 7) is 5.47. The zero-order valence-electron chi connectivity index (χ0n) is 15.8. The molecule has 0 aliphatic carbocycles. The fourth-order valence-corrected chi connectivity index (χ4v) is 2.21. The molecule has 0 radical (unpaired) electrons. The lowest BCUT2D eigenvalue weighted by Gasteiger charge is -2.14. The summed E-state index contributed by atoms with van der Waals surface area (Å²) in [6.07, 6.45) is 1.55. The highest BCUT2D eigenvalue weighted by atomic mass is 16.5. The Kier molecular flexibility index (Phi) is 7.55. The summed E-state index contributed by atoms with van der Waals surface area (Å²) < 4.78 is 5.51. The Labute approximate surface area is 159 Å². The van der Waals surface area contributed by atoms with Crippen LogP contribution in [0.4, 0.5) is 0 Å². The zero-order valence-corrected chi connectivity index (χ0v) is 15.8. The van der Waals surface area contributed by atoms with Crippen molar-refractivity contribution in [2.75, 3.05) is 6.61 Å². The third-order valence-electron chi connectivity index (χ3n) is 3.84. The second kappa shape index (κ2) is 10.1. The summed E-state index contributed by atoms with van der Waals surface area (Å²) in [5.74, 6) is 0.143. The summed E-state index contributed by atoms with van der Waals surface area (Å²) in [5, 5.41) is 6.80. The second-order valence-corrected chi connectivity index (χ2v) is 6.45. The monoisotopic (exact) mass is 367 g/mol. The molecule has 0 saturated carbocycles. The van der Waals surface area contributed by atoms with Gasteiger partial charge in [0, 0.05) is 5.92 Å². The molecule has 6 nitrogen and oxygen atoms in total. The highest BCUT2D eigenvalue weighted by Crippen LogP contribution is 2.13. The first-order chi connectivity index (χ1) is 13.0. The van der Waals surface area contributed by atoms with Crippen LogP contribution in [0, 0.1) is 5.92 Å². The van der Waals surface area contributed by atoms with Crippen molar-refractivity contribution in [3.63, 3.8) is 0 Å². The van der Waals surface area contributed by atoms with Gasteiger partial charge in [-0.2, -0.15) is 5.10 Å². The molecule has 2 amide bonds. The van der Waals surface area contributed by atoms with Crippen molar-refractivity contribution >= 4 is 18.0 Å². The predicted octanol–water partition coefficient (Wildman–Crippen LogP) is 3.05. The van der Waals surface area contributed by atoms with Gasteiger partial charge in [0.2, 0.25) is 5.91 Å². The van der Waals surface area contributed by atoms with E-state index in [4.69, 9.17) is 4.74 Å². The Morgan fingerprint density at radius 2 is 1.70 bits per heavy atom. The molecule has 0 bridgehead atoms. The molecule has 0 aliphatic rings. The van der Waals surface area contributed by atoms with E-state index in [0.29, 0.717) is 5.75 Å². The average molecular weight is 367 g/mol. The van der Waals surface area contributed by atoms with Gasteiger partial charge in [0.25, 0.3) is 5.91 Å². The van der Waals surface area contributed by atoms with Crippen molar-refractivity contribution < 1.29 is 14.3 Å². The summed E-state index contributed by atoms with van der Waals surface area (Å²) in [4.78, 5) is 23.5. The topological polar surface area (TPSA) is 79.8 Å². The first-order valence-electron chi connectivity index (χ1n) is 8.86. The Hall–Kier alpha value is -3.15. The van der Waals surface area contributed by atoms with E-state index in [2.05, 4.69) is 15.8 Å². The highest BCUT2D eigenvalue weighted by Gasteiger charge is 2.09. The SMILES string of the molecule is CC(C)C(=O)N/N=C/c1ccc(OCC(=O)N[C@H](C)c2ccccc2)cc1. The van der Waals surface area contributed by atoms with Gasteiger partial charge in [-0.15, -0.1) is 0 Å². The zero-order chi connectivity index (χ0) is 19.6. The van der Waals surface area contributed by atoms with Crippen LogP contribution in [-0.2, 0) is 9.59 Å². The van der Waals surface area contributed by atoms with E-state index >= 15 is 0 Å². The van der Waals surface area contributed by atoms with Crippen LogP contribution in [-0.4, -0.2) is 24.6 Å². The normalized spacial score (nSPS) is 12.0. The molecule has 0 saturated heterocycles. The number of hydrogen-bond donors (Lipinski definition) is 2. The largest absolute Gasteiger partial charge is 0.484 e. The number of nitrogens with zero attached hydrogens (tertiary/aromatic N) is 1. The van der Waals surface area contributed by atoms with E-state index in [1.54, 1.807) is 44.3 Å². The van der Waals surface area contributed by atoms with Crippen LogP contribution >= 0.6 is 0 Å². The van der Waals surface area contributed by atoms with Gasteiger partial charge in [-0.25, -0.2) is 5.43 Å². The molecule has 142 valence electrons. The third-order valence-corrected chi connectivity index (χ3v) is 3.84. The van der Waals surface area contributed by atoms with Crippen molar-refractivity contribution in [3.8, 4) is 5.75 Å². The molecule has 0 aliphatic heterocycles. The van der Waals surface area contributed by atoms with Crippen molar-refractivity contribution in [1.29, 1.82) is 0 Å². The summed E-state index contributed by atoms with van der Waals surface area (Å²) in [5.41, 5.74) is 4.32. The molecule has 0 unspecified atom stereocenters. The molecule has 0 heterocycles. The first-order valence-corrected chi connectivity index (χ1v) is 8.86. The fourth-order valence-electron chi connectivity index (χ4n) is 2.21. The van der Waals surface area contributed by atoms with Gasteiger partial charge >= 0.3 is 0 Å². The molecular weight excluding hydrogens is 342 g/mol. The van der Waals surface area contributed by atoms with Crippen LogP contribution in [0.1, 0.15) is 37.9 Å². The molecule has 27 heavy (non-hydrogen) atoms. The molecule has 2 N–H and O–H groups in total. The van der Waals surface area contributed by atoms with Crippen LogP contribution < -0.4 is 15.5 Å². The Bertz CT molecular complexity index is 771. The number of hydrazone groups is 1. The fraction of sp³-hybridized carbons (Fsp3) is 0.286. The standard InChI is InChI=1S/C21H25N3O3/c1-15(2)21(26)24-22-13-17-9-11-19(12-10-17)27-14-20(25)23-16(3)18-7-5-4-6-8-18/h4-13,15-16H,14H2,1-3H3,(H,23,25)(H,24,26)/b22-13+/t16-/m1/s1. The van der Waals surface area contributed by atoms with E-state index < -0.39 is 0 Å². The molecule has 0 aromatic heterocycles. The quantitative estimate of drug-likeness (QED) is 0.556. The molecule has 6 heteroatoms. The van der Waals surface area contributed by atoms with Crippen LogP contribution in [0.15, 0.2) is 59.7 Å². The molecule has 1 atom stereocenters. The number of nitrogens with one attached hydrogen (secondary N) is 2. The first kappa shape index (κ1) is 20.2. The minimum atomic E-state index is -0.187. The van der Waals surface area contributed by atoms with Gasteiger partial charge in [-0.1, -0.05) is 44.2 Å². The van der Waals surface area contributed by atoms with Gasteiger partial charge in [-0.05, 0) is 42.3 Å². The van der Waals surface area contributed by atoms with Crippen LogP contribution in [0.2, 0.25) is 0 Å². The van der Waals surface area contributed by atoms with E-state index in [9.17, 15) is 9.59 Å². The van der Waals surface area contributed by atoms with Gasteiger partial charge in [0.05, 0.1) is 12.3 Å². The van der Waals surface area contributed by atoms with Gasteiger partial charge < -0.3 is 10.1 Å². The maximum Gasteiger partial charge on any atom is 0.258 e. The Morgan fingerprint density at radius 3 is 2.33 bits per heavy atom. The number of benzene rings is 2. The number of carbonyl (C=O) groups excluding carboxylic acids is 2. The minimum absolute atomic E-state index is 0.0605. The van der Waals surface area contributed by atoms with Crippen LogP contribution in [0.3, 0.4) is 0 Å². The van der Waals surface area contributed by atoms with E-state index in [0.717, 1.165) is 11.1 Å². The second-order valence-electron chi connectivity index (χ2n) is 6.45. The lowest BCUT2D eigenvalue weighted by atomic mass is 10.1. The smallest absolute Gasteiger partial charge is 0.258 e. The van der Waals surface area contributed by atoms with Crippen molar-refractivity contribution in [1.82, 2.24) is 10.7 Å².